The first-order valence-corrected chi connectivity index (χ1v) is 8.12. The van der Waals surface area contributed by atoms with Gasteiger partial charge in [-0.1, -0.05) is 42.8 Å². The van der Waals surface area contributed by atoms with Crippen molar-refractivity contribution in [3.8, 4) is 5.75 Å². The maximum absolute atomic E-state index is 12.1. The van der Waals surface area contributed by atoms with Crippen LogP contribution in [0.15, 0.2) is 42.5 Å². The number of amides is 1. The van der Waals surface area contributed by atoms with Gasteiger partial charge in [0.05, 0.1) is 6.04 Å². The Balaban J connectivity index is 1.95. The van der Waals surface area contributed by atoms with E-state index in [1.165, 1.54) is 11.1 Å². The molecule has 0 aliphatic rings. The molecular formula is C19H22ClNO2. The Kier molecular flexibility index (Phi) is 6.05. The van der Waals surface area contributed by atoms with Gasteiger partial charge in [0.1, 0.15) is 5.75 Å². The summed E-state index contributed by atoms with van der Waals surface area (Å²) in [5, 5.41) is 3.61. The molecule has 3 nitrogen and oxygen atoms in total. The monoisotopic (exact) mass is 331 g/mol. The fourth-order valence-electron chi connectivity index (χ4n) is 2.34. The van der Waals surface area contributed by atoms with Crippen molar-refractivity contribution >= 4 is 17.5 Å². The van der Waals surface area contributed by atoms with Gasteiger partial charge in [0.25, 0.3) is 5.91 Å². The summed E-state index contributed by atoms with van der Waals surface area (Å²) < 4.78 is 5.48. The number of rotatable bonds is 6. The normalized spacial score (nSPS) is 11.8. The van der Waals surface area contributed by atoms with E-state index in [0.717, 1.165) is 12.0 Å². The van der Waals surface area contributed by atoms with Crippen LogP contribution in [0.2, 0.25) is 5.02 Å². The van der Waals surface area contributed by atoms with Crippen LogP contribution in [-0.4, -0.2) is 12.5 Å². The standard InChI is InChI=1S/C19H22ClNO2/c1-4-18(15-9-8-13(2)14(3)10-15)21-19(22)12-23-17-7-5-6-16(20)11-17/h5-11,18H,4,12H2,1-3H3,(H,21,22). The molecule has 0 aromatic heterocycles. The van der Waals surface area contributed by atoms with E-state index in [4.69, 9.17) is 16.3 Å². The molecule has 0 fully saturated rings. The van der Waals surface area contributed by atoms with Crippen LogP contribution in [0.25, 0.3) is 0 Å². The number of aryl methyl sites for hydroxylation is 2. The highest BCUT2D eigenvalue weighted by Crippen LogP contribution is 2.20. The van der Waals surface area contributed by atoms with Crippen molar-refractivity contribution in [2.24, 2.45) is 0 Å². The predicted molar refractivity (Wildman–Crippen MR) is 94.0 cm³/mol. The number of hydrogen-bond acceptors (Lipinski definition) is 2. The van der Waals surface area contributed by atoms with Crippen LogP contribution in [-0.2, 0) is 4.79 Å². The molecule has 0 heterocycles. The summed E-state index contributed by atoms with van der Waals surface area (Å²) in [6, 6.07) is 13.3. The maximum Gasteiger partial charge on any atom is 0.258 e. The van der Waals surface area contributed by atoms with Gasteiger partial charge in [-0.3, -0.25) is 4.79 Å². The highest BCUT2D eigenvalue weighted by atomic mass is 35.5. The lowest BCUT2D eigenvalue weighted by atomic mass is 9.99. The van der Waals surface area contributed by atoms with Crippen molar-refractivity contribution in [3.05, 3.63) is 64.2 Å². The molecule has 0 spiro atoms. The van der Waals surface area contributed by atoms with Gasteiger partial charge < -0.3 is 10.1 Å². The van der Waals surface area contributed by atoms with E-state index in [0.29, 0.717) is 10.8 Å². The fraction of sp³-hybridized carbons (Fsp3) is 0.316. The number of carbonyl (C=O) groups excluding carboxylic acids is 1. The molecule has 0 bridgehead atoms. The average Bonchev–Trinajstić information content (AvgIpc) is 2.53. The van der Waals surface area contributed by atoms with Crippen LogP contribution in [0.1, 0.15) is 36.1 Å². The van der Waals surface area contributed by atoms with Crippen LogP contribution in [0, 0.1) is 13.8 Å². The zero-order chi connectivity index (χ0) is 16.8. The molecule has 0 radical (unpaired) electrons. The summed E-state index contributed by atoms with van der Waals surface area (Å²) in [5.41, 5.74) is 3.59. The lowest BCUT2D eigenvalue weighted by Crippen LogP contribution is -2.32. The minimum atomic E-state index is -0.143. The molecule has 0 saturated heterocycles. The number of benzene rings is 2. The van der Waals surface area contributed by atoms with Gasteiger partial charge in [-0.05, 0) is 55.2 Å². The Labute approximate surface area is 142 Å². The van der Waals surface area contributed by atoms with E-state index in [2.05, 4.69) is 44.3 Å². The van der Waals surface area contributed by atoms with Crippen LogP contribution in [0.4, 0.5) is 0 Å². The average molecular weight is 332 g/mol. The van der Waals surface area contributed by atoms with Gasteiger partial charge in [0.15, 0.2) is 6.61 Å². The quantitative estimate of drug-likeness (QED) is 0.839. The molecule has 2 rings (SSSR count). The summed E-state index contributed by atoms with van der Waals surface area (Å²) in [5.74, 6) is 0.446. The zero-order valence-corrected chi connectivity index (χ0v) is 14.5. The van der Waals surface area contributed by atoms with Crippen molar-refractivity contribution in [1.29, 1.82) is 0 Å². The van der Waals surface area contributed by atoms with E-state index < -0.39 is 0 Å². The Morgan fingerprint density at radius 1 is 1.17 bits per heavy atom. The minimum absolute atomic E-state index is 0.00948. The molecule has 2 aromatic carbocycles. The molecule has 0 aliphatic heterocycles. The smallest absolute Gasteiger partial charge is 0.258 e. The second-order valence-electron chi connectivity index (χ2n) is 5.62. The first-order valence-electron chi connectivity index (χ1n) is 7.74. The second-order valence-corrected chi connectivity index (χ2v) is 6.05. The van der Waals surface area contributed by atoms with E-state index >= 15 is 0 Å². The zero-order valence-electron chi connectivity index (χ0n) is 13.7. The van der Waals surface area contributed by atoms with Crippen LogP contribution < -0.4 is 10.1 Å². The topological polar surface area (TPSA) is 38.3 Å². The van der Waals surface area contributed by atoms with Crippen LogP contribution in [0.3, 0.4) is 0 Å². The Morgan fingerprint density at radius 3 is 2.61 bits per heavy atom. The predicted octanol–water partition coefficient (Wildman–Crippen LogP) is 4.60. The van der Waals surface area contributed by atoms with Gasteiger partial charge in [0, 0.05) is 5.02 Å². The van der Waals surface area contributed by atoms with Gasteiger partial charge in [-0.25, -0.2) is 0 Å². The molecule has 0 aliphatic carbocycles. The molecular weight excluding hydrogens is 310 g/mol. The molecule has 2 aromatic rings. The van der Waals surface area contributed by atoms with E-state index in [9.17, 15) is 4.79 Å². The molecule has 1 amide bonds. The maximum atomic E-state index is 12.1. The largest absolute Gasteiger partial charge is 0.484 e. The third-order valence-electron chi connectivity index (χ3n) is 3.84. The third kappa shape index (κ3) is 5.00. The summed E-state index contributed by atoms with van der Waals surface area (Å²) in [6.07, 6.45) is 0.825. The second kappa shape index (κ2) is 8.02. The van der Waals surface area contributed by atoms with Gasteiger partial charge in [-0.2, -0.15) is 0 Å². The molecule has 4 heteroatoms. The molecule has 1 N–H and O–H groups in total. The lowest BCUT2D eigenvalue weighted by molar-refractivity contribution is -0.123. The summed E-state index contributed by atoms with van der Waals surface area (Å²) in [7, 11) is 0. The number of ether oxygens (including phenoxy) is 1. The van der Waals surface area contributed by atoms with Crippen molar-refractivity contribution in [2.45, 2.75) is 33.2 Å². The van der Waals surface area contributed by atoms with Crippen molar-refractivity contribution in [3.63, 3.8) is 0 Å². The van der Waals surface area contributed by atoms with Crippen molar-refractivity contribution < 1.29 is 9.53 Å². The van der Waals surface area contributed by atoms with Crippen molar-refractivity contribution in [1.82, 2.24) is 5.32 Å². The summed E-state index contributed by atoms with van der Waals surface area (Å²) in [4.78, 5) is 12.1. The highest BCUT2D eigenvalue weighted by Gasteiger charge is 2.13. The number of carbonyl (C=O) groups is 1. The summed E-state index contributed by atoms with van der Waals surface area (Å²) in [6.45, 7) is 6.19. The molecule has 1 atom stereocenters. The van der Waals surface area contributed by atoms with E-state index in [1.807, 2.05) is 0 Å². The van der Waals surface area contributed by atoms with E-state index in [1.54, 1.807) is 24.3 Å². The molecule has 122 valence electrons. The Bertz CT molecular complexity index is 685. The molecule has 1 unspecified atom stereocenters. The Hall–Kier alpha value is -2.00. The molecule has 23 heavy (non-hydrogen) atoms. The first kappa shape index (κ1) is 17.4. The number of hydrogen-bond donors (Lipinski definition) is 1. The third-order valence-corrected chi connectivity index (χ3v) is 4.08. The number of nitrogens with one attached hydrogen (secondary N) is 1. The Morgan fingerprint density at radius 2 is 1.96 bits per heavy atom. The van der Waals surface area contributed by atoms with Gasteiger partial charge >= 0.3 is 0 Å². The SMILES string of the molecule is CCC(NC(=O)COc1cccc(Cl)c1)c1ccc(C)c(C)c1. The molecule has 0 saturated carbocycles. The number of halogens is 1. The minimum Gasteiger partial charge on any atom is -0.484 e. The van der Waals surface area contributed by atoms with Crippen molar-refractivity contribution in [2.75, 3.05) is 6.61 Å². The van der Waals surface area contributed by atoms with Gasteiger partial charge in [0.2, 0.25) is 0 Å². The van der Waals surface area contributed by atoms with Crippen LogP contribution in [0.5, 0.6) is 5.75 Å². The van der Waals surface area contributed by atoms with Gasteiger partial charge in [-0.15, -0.1) is 0 Å². The highest BCUT2D eigenvalue weighted by molar-refractivity contribution is 6.30. The fourth-order valence-corrected chi connectivity index (χ4v) is 2.52. The van der Waals surface area contributed by atoms with Crippen LogP contribution >= 0.6 is 11.6 Å². The lowest BCUT2D eigenvalue weighted by Gasteiger charge is -2.19. The summed E-state index contributed by atoms with van der Waals surface area (Å²) >= 11 is 5.89. The first-order chi connectivity index (χ1) is 11.0. The van der Waals surface area contributed by atoms with E-state index in [-0.39, 0.29) is 18.6 Å².